The first-order valence-corrected chi connectivity index (χ1v) is 7.00. The van der Waals surface area contributed by atoms with Crippen LogP contribution in [-0.4, -0.2) is 12.1 Å². The van der Waals surface area contributed by atoms with Crippen molar-refractivity contribution < 1.29 is 4.74 Å². The zero-order valence-corrected chi connectivity index (χ0v) is 12.0. The molecule has 1 N–H and O–H groups in total. The Bertz CT molecular complexity index is 723. The number of hydrogen-bond donors (Lipinski definition) is 1. The molecule has 1 heterocycles. The van der Waals surface area contributed by atoms with E-state index >= 15 is 0 Å². The second kappa shape index (κ2) is 6.37. The Balaban J connectivity index is 1.68. The number of pyridine rings is 1. The number of nitrogens with zero attached hydrogens (tertiary/aromatic N) is 1. The molecule has 3 rings (SSSR count). The topological polar surface area (TPSA) is 34.1 Å². The fraction of sp³-hybridized carbons (Fsp3) is 0.167. The summed E-state index contributed by atoms with van der Waals surface area (Å²) in [5, 5.41) is 4.60. The number of nitrogens with one attached hydrogen (secondary N) is 1. The number of anilines is 1. The van der Waals surface area contributed by atoms with Gasteiger partial charge in [-0.15, -0.1) is 0 Å². The number of aromatic nitrogens is 1. The molecule has 1 aromatic heterocycles. The van der Waals surface area contributed by atoms with Crippen LogP contribution in [0.4, 0.5) is 5.69 Å². The lowest BCUT2D eigenvalue weighted by Gasteiger charge is -2.08. The van der Waals surface area contributed by atoms with Crippen molar-refractivity contribution in [3.05, 3.63) is 71.9 Å². The van der Waals surface area contributed by atoms with E-state index in [9.17, 15) is 0 Å². The molecule has 3 heteroatoms. The van der Waals surface area contributed by atoms with Gasteiger partial charge in [0, 0.05) is 30.9 Å². The van der Waals surface area contributed by atoms with Gasteiger partial charge in [-0.3, -0.25) is 4.98 Å². The maximum absolute atomic E-state index is 5.12. The first-order valence-electron chi connectivity index (χ1n) is 7.00. The lowest BCUT2D eigenvalue weighted by molar-refractivity contribution is 0.185. The van der Waals surface area contributed by atoms with Crippen molar-refractivity contribution in [1.29, 1.82) is 0 Å². The van der Waals surface area contributed by atoms with E-state index in [0.29, 0.717) is 6.61 Å². The predicted octanol–water partition coefficient (Wildman–Crippen LogP) is 3.99. The van der Waals surface area contributed by atoms with E-state index in [1.54, 1.807) is 7.11 Å². The monoisotopic (exact) mass is 278 g/mol. The Morgan fingerprint density at radius 3 is 2.62 bits per heavy atom. The van der Waals surface area contributed by atoms with Crippen LogP contribution in [0.5, 0.6) is 0 Å². The van der Waals surface area contributed by atoms with E-state index < -0.39 is 0 Å². The predicted molar refractivity (Wildman–Crippen MR) is 86.2 cm³/mol. The smallest absolute Gasteiger partial charge is 0.0713 e. The number of fused-ring (bicyclic) bond motifs is 1. The lowest BCUT2D eigenvalue weighted by atomic mass is 10.1. The second-order valence-electron chi connectivity index (χ2n) is 5.01. The van der Waals surface area contributed by atoms with Crippen LogP contribution in [0.25, 0.3) is 10.9 Å². The molecule has 0 spiro atoms. The van der Waals surface area contributed by atoms with Gasteiger partial charge < -0.3 is 10.1 Å². The van der Waals surface area contributed by atoms with E-state index in [-0.39, 0.29) is 0 Å². The summed E-state index contributed by atoms with van der Waals surface area (Å²) in [6.07, 6.45) is 1.82. The summed E-state index contributed by atoms with van der Waals surface area (Å²) < 4.78 is 5.12. The van der Waals surface area contributed by atoms with Crippen molar-refractivity contribution in [3.63, 3.8) is 0 Å². The maximum atomic E-state index is 5.12. The van der Waals surface area contributed by atoms with Crippen LogP contribution in [0, 0.1) is 0 Å². The molecule has 0 fully saturated rings. The van der Waals surface area contributed by atoms with Crippen LogP contribution in [0.3, 0.4) is 0 Å². The average Bonchev–Trinajstić information content (AvgIpc) is 2.54. The molecule has 0 aliphatic carbocycles. The Morgan fingerprint density at radius 1 is 1.00 bits per heavy atom. The molecular formula is C18H18N2O. The van der Waals surface area contributed by atoms with Gasteiger partial charge in [0.1, 0.15) is 0 Å². The molecule has 0 saturated heterocycles. The minimum absolute atomic E-state index is 0.658. The first kappa shape index (κ1) is 13.6. The fourth-order valence-electron chi connectivity index (χ4n) is 2.31. The van der Waals surface area contributed by atoms with Crippen molar-refractivity contribution in [1.82, 2.24) is 4.98 Å². The van der Waals surface area contributed by atoms with Crippen LogP contribution in [-0.2, 0) is 17.9 Å². The van der Waals surface area contributed by atoms with Crippen molar-refractivity contribution >= 4 is 16.6 Å². The number of benzene rings is 2. The van der Waals surface area contributed by atoms with Crippen LogP contribution in [0.1, 0.15) is 11.1 Å². The second-order valence-corrected chi connectivity index (χ2v) is 5.01. The van der Waals surface area contributed by atoms with Crippen molar-refractivity contribution in [2.24, 2.45) is 0 Å². The average molecular weight is 278 g/mol. The van der Waals surface area contributed by atoms with Crippen molar-refractivity contribution in [2.45, 2.75) is 13.2 Å². The normalized spacial score (nSPS) is 10.7. The van der Waals surface area contributed by atoms with E-state index in [2.05, 4.69) is 52.8 Å². The third-order valence-electron chi connectivity index (χ3n) is 3.43. The molecule has 0 amide bonds. The van der Waals surface area contributed by atoms with E-state index in [0.717, 1.165) is 23.1 Å². The molecule has 0 bridgehead atoms. The Morgan fingerprint density at radius 2 is 1.81 bits per heavy atom. The molecule has 0 aliphatic heterocycles. The first-order chi connectivity index (χ1) is 10.3. The van der Waals surface area contributed by atoms with Gasteiger partial charge in [-0.1, -0.05) is 30.3 Å². The summed E-state index contributed by atoms with van der Waals surface area (Å²) in [5.74, 6) is 0. The van der Waals surface area contributed by atoms with Gasteiger partial charge in [-0.25, -0.2) is 0 Å². The summed E-state index contributed by atoms with van der Waals surface area (Å²) in [5.41, 5.74) is 4.57. The summed E-state index contributed by atoms with van der Waals surface area (Å²) >= 11 is 0. The van der Waals surface area contributed by atoms with Crippen LogP contribution in [0.2, 0.25) is 0 Å². The Labute approximate surface area is 124 Å². The summed E-state index contributed by atoms with van der Waals surface area (Å²) in [6, 6.07) is 18.7. The van der Waals surface area contributed by atoms with Gasteiger partial charge in [0.25, 0.3) is 0 Å². The molecule has 3 aromatic rings. The van der Waals surface area contributed by atoms with Gasteiger partial charge in [0.15, 0.2) is 0 Å². The van der Waals surface area contributed by atoms with Crippen LogP contribution >= 0.6 is 0 Å². The largest absolute Gasteiger partial charge is 0.381 e. The third-order valence-corrected chi connectivity index (χ3v) is 3.43. The molecule has 3 nitrogen and oxygen atoms in total. The Hall–Kier alpha value is -2.39. The highest BCUT2D eigenvalue weighted by atomic mass is 16.5. The summed E-state index contributed by atoms with van der Waals surface area (Å²) in [4.78, 5) is 4.33. The zero-order valence-electron chi connectivity index (χ0n) is 12.0. The van der Waals surface area contributed by atoms with Crippen LogP contribution < -0.4 is 5.32 Å². The number of methoxy groups -OCH3 is 1. The molecule has 0 saturated carbocycles. The quantitative estimate of drug-likeness (QED) is 0.766. The van der Waals surface area contributed by atoms with E-state index in [1.807, 2.05) is 18.3 Å². The van der Waals surface area contributed by atoms with E-state index in [4.69, 9.17) is 4.74 Å². The highest BCUT2D eigenvalue weighted by Gasteiger charge is 1.98. The van der Waals surface area contributed by atoms with Gasteiger partial charge in [0.2, 0.25) is 0 Å². The minimum atomic E-state index is 0.658. The Kier molecular flexibility index (Phi) is 4.12. The van der Waals surface area contributed by atoms with Gasteiger partial charge in [0.05, 0.1) is 12.1 Å². The summed E-state index contributed by atoms with van der Waals surface area (Å²) in [7, 11) is 1.71. The van der Waals surface area contributed by atoms with Crippen molar-refractivity contribution in [3.8, 4) is 0 Å². The SMILES string of the molecule is COCc1ccc(CNc2ccc3ncccc3c2)cc1. The molecule has 0 radical (unpaired) electrons. The van der Waals surface area contributed by atoms with Gasteiger partial charge in [-0.2, -0.15) is 0 Å². The van der Waals surface area contributed by atoms with Crippen molar-refractivity contribution in [2.75, 3.05) is 12.4 Å². The highest BCUT2D eigenvalue weighted by molar-refractivity contribution is 5.82. The molecule has 0 atom stereocenters. The molecule has 2 aromatic carbocycles. The lowest BCUT2D eigenvalue weighted by Crippen LogP contribution is -1.99. The fourth-order valence-corrected chi connectivity index (χ4v) is 2.31. The number of ether oxygens (including phenoxy) is 1. The highest BCUT2D eigenvalue weighted by Crippen LogP contribution is 2.17. The van der Waals surface area contributed by atoms with Crippen LogP contribution in [0.15, 0.2) is 60.8 Å². The number of rotatable bonds is 5. The third kappa shape index (κ3) is 3.38. The maximum Gasteiger partial charge on any atom is 0.0713 e. The number of hydrogen-bond acceptors (Lipinski definition) is 3. The molecule has 0 aliphatic rings. The van der Waals surface area contributed by atoms with Gasteiger partial charge in [-0.05, 0) is 35.4 Å². The van der Waals surface area contributed by atoms with E-state index in [1.165, 1.54) is 11.1 Å². The summed E-state index contributed by atoms with van der Waals surface area (Å²) in [6.45, 7) is 1.46. The minimum Gasteiger partial charge on any atom is -0.381 e. The molecular weight excluding hydrogens is 260 g/mol. The zero-order chi connectivity index (χ0) is 14.5. The van der Waals surface area contributed by atoms with Gasteiger partial charge >= 0.3 is 0 Å². The molecule has 0 unspecified atom stereocenters. The standard InChI is InChI=1S/C18H18N2O/c1-21-13-15-6-4-14(5-7-15)12-20-17-8-9-18-16(11-17)3-2-10-19-18/h2-11,20H,12-13H2,1H3. The molecule has 106 valence electrons. The molecule has 21 heavy (non-hydrogen) atoms.